The number of aryl methyl sites for hydroxylation is 2. The van der Waals surface area contributed by atoms with Crippen molar-refractivity contribution in [3.05, 3.63) is 70.1 Å². The first-order chi connectivity index (χ1) is 11.2. The highest BCUT2D eigenvalue weighted by Crippen LogP contribution is 2.22. The number of hydrogen-bond acceptors (Lipinski definition) is 2. The Morgan fingerprint density at radius 3 is 2.70 bits per heavy atom. The lowest BCUT2D eigenvalue weighted by molar-refractivity contribution is -0.108. The van der Waals surface area contributed by atoms with Gasteiger partial charge in [-0.25, -0.2) is 4.79 Å². The summed E-state index contributed by atoms with van der Waals surface area (Å²) in [5.41, 5.74) is 3.85. The Morgan fingerprint density at radius 1 is 1.17 bits per heavy atom. The van der Waals surface area contributed by atoms with Crippen LogP contribution in [0, 0.1) is 6.92 Å². The maximum Gasteiger partial charge on any atom is 0.326 e. The number of aldehydes is 1. The van der Waals surface area contributed by atoms with Crippen molar-refractivity contribution in [1.29, 1.82) is 0 Å². The van der Waals surface area contributed by atoms with Crippen LogP contribution in [0.4, 0.5) is 0 Å². The first-order valence-corrected chi connectivity index (χ1v) is 7.87. The maximum atomic E-state index is 12.4. The Bertz CT molecular complexity index is 862. The molecule has 3 aromatic rings. The van der Waals surface area contributed by atoms with Gasteiger partial charge in [0.15, 0.2) is 0 Å². The van der Waals surface area contributed by atoms with Crippen LogP contribution < -0.4 is 5.69 Å². The van der Waals surface area contributed by atoms with E-state index in [9.17, 15) is 9.59 Å². The van der Waals surface area contributed by atoms with E-state index in [1.54, 1.807) is 4.57 Å². The minimum Gasteiger partial charge on any atom is -0.306 e. The maximum absolute atomic E-state index is 12.4. The smallest absolute Gasteiger partial charge is 0.306 e. The molecule has 0 bridgehead atoms. The van der Waals surface area contributed by atoms with Crippen LogP contribution in [0.3, 0.4) is 0 Å². The molecule has 0 amide bonds. The summed E-state index contributed by atoms with van der Waals surface area (Å²) < 4.78 is 1.74. The molecule has 4 nitrogen and oxygen atoms in total. The number of aromatic amines is 1. The van der Waals surface area contributed by atoms with Crippen LogP contribution in [-0.4, -0.2) is 15.8 Å². The molecule has 2 aromatic carbocycles. The van der Waals surface area contributed by atoms with Crippen LogP contribution in [-0.2, 0) is 11.2 Å². The number of nitrogens with zero attached hydrogens (tertiary/aromatic N) is 1. The molecule has 0 radical (unpaired) electrons. The van der Waals surface area contributed by atoms with Crippen LogP contribution in [0.2, 0.25) is 0 Å². The van der Waals surface area contributed by atoms with E-state index in [0.717, 1.165) is 35.7 Å². The van der Waals surface area contributed by atoms with E-state index in [-0.39, 0.29) is 11.7 Å². The highest BCUT2D eigenvalue weighted by Gasteiger charge is 2.17. The van der Waals surface area contributed by atoms with Crippen molar-refractivity contribution in [2.24, 2.45) is 0 Å². The molecule has 3 rings (SSSR count). The molecule has 0 aliphatic heterocycles. The summed E-state index contributed by atoms with van der Waals surface area (Å²) in [6.45, 7) is 2.00. The van der Waals surface area contributed by atoms with Crippen LogP contribution in [0.25, 0.3) is 11.0 Å². The molecule has 1 atom stereocenters. The molecule has 1 heterocycles. The summed E-state index contributed by atoms with van der Waals surface area (Å²) in [6, 6.07) is 15.9. The van der Waals surface area contributed by atoms with Crippen LogP contribution in [0.1, 0.15) is 30.0 Å². The predicted molar refractivity (Wildman–Crippen MR) is 91.8 cm³/mol. The summed E-state index contributed by atoms with van der Waals surface area (Å²) in [4.78, 5) is 26.4. The van der Waals surface area contributed by atoms with Crippen molar-refractivity contribution < 1.29 is 4.79 Å². The number of aromatic nitrogens is 2. The number of carbonyl (C=O) groups is 1. The Balaban J connectivity index is 1.94. The quantitative estimate of drug-likeness (QED) is 0.710. The second-order valence-electron chi connectivity index (χ2n) is 5.90. The summed E-state index contributed by atoms with van der Waals surface area (Å²) in [7, 11) is 0. The van der Waals surface area contributed by atoms with Gasteiger partial charge in [0.2, 0.25) is 0 Å². The number of imidazole rings is 1. The SMILES string of the molecule is Cc1ccc2[nH]c(=O)n([C@H](CC=O)CCc3ccccc3)c2c1. The van der Waals surface area contributed by atoms with E-state index in [4.69, 9.17) is 0 Å². The van der Waals surface area contributed by atoms with Crippen molar-refractivity contribution in [1.82, 2.24) is 9.55 Å². The highest BCUT2D eigenvalue weighted by molar-refractivity contribution is 5.76. The van der Waals surface area contributed by atoms with Crippen molar-refractivity contribution in [2.45, 2.75) is 32.2 Å². The molecular formula is C19H20N2O2. The molecule has 0 aliphatic rings. The number of benzene rings is 2. The van der Waals surface area contributed by atoms with Gasteiger partial charge in [-0.1, -0.05) is 36.4 Å². The van der Waals surface area contributed by atoms with Crippen molar-refractivity contribution in [3.8, 4) is 0 Å². The zero-order valence-corrected chi connectivity index (χ0v) is 13.2. The second kappa shape index (κ2) is 6.65. The summed E-state index contributed by atoms with van der Waals surface area (Å²) in [5.74, 6) is 0. The molecule has 1 aromatic heterocycles. The normalized spacial score (nSPS) is 12.4. The highest BCUT2D eigenvalue weighted by atomic mass is 16.1. The molecule has 0 unspecified atom stereocenters. The molecule has 4 heteroatoms. The Kier molecular flexibility index (Phi) is 4.42. The Morgan fingerprint density at radius 2 is 1.96 bits per heavy atom. The van der Waals surface area contributed by atoms with Gasteiger partial charge in [-0.05, 0) is 43.0 Å². The molecule has 23 heavy (non-hydrogen) atoms. The minimum atomic E-state index is -0.148. The molecular weight excluding hydrogens is 288 g/mol. The van der Waals surface area contributed by atoms with E-state index in [0.29, 0.717) is 6.42 Å². The number of fused-ring (bicyclic) bond motifs is 1. The van der Waals surface area contributed by atoms with Gasteiger partial charge in [-0.3, -0.25) is 4.57 Å². The minimum absolute atomic E-state index is 0.129. The largest absolute Gasteiger partial charge is 0.326 e. The average molecular weight is 308 g/mol. The number of hydrogen-bond donors (Lipinski definition) is 1. The standard InChI is InChI=1S/C19H20N2O2/c1-14-7-10-17-18(13-14)21(19(23)20-17)16(11-12-22)9-8-15-5-3-2-4-6-15/h2-7,10,12-13,16H,8-9,11H2,1H3,(H,20,23)/t16-/m0/s1. The van der Waals surface area contributed by atoms with Gasteiger partial charge >= 0.3 is 5.69 Å². The van der Waals surface area contributed by atoms with Gasteiger partial charge in [-0.2, -0.15) is 0 Å². The lowest BCUT2D eigenvalue weighted by Gasteiger charge is -2.16. The first kappa shape index (κ1) is 15.3. The van der Waals surface area contributed by atoms with Crippen molar-refractivity contribution in [2.75, 3.05) is 0 Å². The van der Waals surface area contributed by atoms with Crippen molar-refractivity contribution in [3.63, 3.8) is 0 Å². The molecule has 0 fully saturated rings. The van der Waals surface area contributed by atoms with Crippen LogP contribution >= 0.6 is 0 Å². The summed E-state index contributed by atoms with van der Waals surface area (Å²) in [5, 5.41) is 0. The molecule has 0 saturated heterocycles. The molecule has 0 saturated carbocycles. The number of rotatable bonds is 6. The first-order valence-electron chi connectivity index (χ1n) is 7.87. The van der Waals surface area contributed by atoms with E-state index in [2.05, 4.69) is 17.1 Å². The van der Waals surface area contributed by atoms with Crippen molar-refractivity contribution >= 4 is 17.3 Å². The molecule has 0 aliphatic carbocycles. The third-order valence-corrected chi connectivity index (χ3v) is 4.22. The topological polar surface area (TPSA) is 54.9 Å². The van der Waals surface area contributed by atoms with E-state index >= 15 is 0 Å². The van der Waals surface area contributed by atoms with Gasteiger partial charge in [-0.15, -0.1) is 0 Å². The molecule has 0 spiro atoms. The molecule has 118 valence electrons. The summed E-state index contributed by atoms with van der Waals surface area (Å²) in [6.07, 6.45) is 2.83. The monoisotopic (exact) mass is 308 g/mol. The average Bonchev–Trinajstić information content (AvgIpc) is 2.88. The van der Waals surface area contributed by atoms with Gasteiger partial charge in [0, 0.05) is 12.5 Å². The fourth-order valence-electron chi connectivity index (χ4n) is 3.04. The van der Waals surface area contributed by atoms with Gasteiger partial charge < -0.3 is 9.78 Å². The van der Waals surface area contributed by atoms with E-state index < -0.39 is 0 Å². The van der Waals surface area contributed by atoms with Gasteiger partial charge in [0.1, 0.15) is 6.29 Å². The van der Waals surface area contributed by atoms with Crippen LogP contribution in [0.15, 0.2) is 53.3 Å². The fourth-order valence-corrected chi connectivity index (χ4v) is 3.04. The zero-order valence-electron chi connectivity index (χ0n) is 13.2. The van der Waals surface area contributed by atoms with Gasteiger partial charge in [0.05, 0.1) is 11.0 Å². The number of H-pyrrole nitrogens is 1. The third kappa shape index (κ3) is 3.26. The third-order valence-electron chi connectivity index (χ3n) is 4.22. The second-order valence-corrected chi connectivity index (χ2v) is 5.90. The van der Waals surface area contributed by atoms with E-state index in [1.807, 2.05) is 43.3 Å². The fraction of sp³-hybridized carbons (Fsp3) is 0.263. The lowest BCUT2D eigenvalue weighted by atomic mass is 10.0. The number of carbonyl (C=O) groups excluding carboxylic acids is 1. The van der Waals surface area contributed by atoms with E-state index in [1.165, 1.54) is 5.56 Å². The summed E-state index contributed by atoms with van der Waals surface area (Å²) >= 11 is 0. The predicted octanol–water partition coefficient (Wildman–Crippen LogP) is 3.40. The zero-order chi connectivity index (χ0) is 16.2. The van der Waals surface area contributed by atoms with Crippen LogP contribution in [0.5, 0.6) is 0 Å². The Labute approximate surface area is 134 Å². The molecule has 1 N–H and O–H groups in total. The number of nitrogens with one attached hydrogen (secondary N) is 1. The van der Waals surface area contributed by atoms with Gasteiger partial charge in [0.25, 0.3) is 0 Å². The lowest BCUT2D eigenvalue weighted by Crippen LogP contribution is -2.23. The Hall–Kier alpha value is -2.62.